The van der Waals surface area contributed by atoms with Gasteiger partial charge in [-0.1, -0.05) is 36.4 Å². The van der Waals surface area contributed by atoms with E-state index in [9.17, 15) is 5.11 Å². The fraction of sp³-hybridized carbons (Fsp3) is 0.200. The van der Waals surface area contributed by atoms with E-state index in [1.165, 1.54) is 5.69 Å². The summed E-state index contributed by atoms with van der Waals surface area (Å²) in [5, 5.41) is 13.8. The van der Waals surface area contributed by atoms with Crippen molar-refractivity contribution in [1.82, 2.24) is 0 Å². The van der Waals surface area contributed by atoms with Crippen LogP contribution in [-0.4, -0.2) is 6.54 Å². The van der Waals surface area contributed by atoms with Crippen molar-refractivity contribution in [3.63, 3.8) is 0 Å². The molecule has 2 aromatic carbocycles. The summed E-state index contributed by atoms with van der Waals surface area (Å²) in [6.45, 7) is 4.89. The van der Waals surface area contributed by atoms with Gasteiger partial charge in [0.25, 0.3) is 0 Å². The first-order chi connectivity index (χ1) is 8.24. The molecule has 0 saturated heterocycles. The van der Waals surface area contributed by atoms with E-state index in [1.807, 2.05) is 37.3 Å². The number of rotatable bonds is 2. The van der Waals surface area contributed by atoms with Crippen molar-refractivity contribution in [3.8, 4) is 5.75 Å². The van der Waals surface area contributed by atoms with Gasteiger partial charge >= 0.3 is 0 Å². The van der Waals surface area contributed by atoms with E-state index in [4.69, 9.17) is 0 Å². The Morgan fingerprint density at radius 1 is 0.941 bits per heavy atom. The zero-order valence-electron chi connectivity index (χ0n) is 10.3. The highest BCUT2D eigenvalue weighted by Gasteiger charge is 1.90. The number of hydrogen-bond acceptors (Lipinski definition) is 1. The molecule has 0 saturated carbocycles. The zero-order chi connectivity index (χ0) is 12.5. The van der Waals surface area contributed by atoms with Crippen molar-refractivity contribution in [2.45, 2.75) is 13.8 Å². The minimum atomic E-state index is 0.118. The molecule has 2 rings (SSSR count). The Morgan fingerprint density at radius 3 is 2.00 bits per heavy atom. The van der Waals surface area contributed by atoms with Crippen LogP contribution in [0.25, 0.3) is 0 Å². The molecule has 2 heteroatoms. The quantitative estimate of drug-likeness (QED) is 0.818. The molecule has 17 heavy (non-hydrogen) atoms. The monoisotopic (exact) mass is 228 g/mol. The lowest BCUT2D eigenvalue weighted by Gasteiger charge is -1.99. The summed E-state index contributed by atoms with van der Waals surface area (Å²) in [5.41, 5.74) is 2.01. The average molecular weight is 228 g/mol. The highest BCUT2D eigenvalue weighted by atomic mass is 16.3. The van der Waals surface area contributed by atoms with E-state index in [1.54, 1.807) is 12.1 Å². The van der Waals surface area contributed by atoms with Crippen LogP contribution in [0.15, 0.2) is 54.6 Å². The normalized spacial score (nSPS) is 9.06. The average Bonchev–Trinajstić information content (AvgIpc) is 2.36. The zero-order valence-corrected chi connectivity index (χ0v) is 10.3. The molecule has 0 aliphatic heterocycles. The Balaban J connectivity index is 0.000000171. The van der Waals surface area contributed by atoms with Crippen LogP contribution in [0.2, 0.25) is 0 Å². The lowest BCUT2D eigenvalue weighted by Crippen LogP contribution is -1.94. The fourth-order valence-electron chi connectivity index (χ4n) is 1.32. The highest BCUT2D eigenvalue weighted by molar-refractivity contribution is 5.41. The number of hydrogen-bond donors (Lipinski definition) is 1. The standard InChI is InChI=1S/C8H11N.C7H7O/c1-2-9-8-6-4-3-5-7-8;1-6-4-2-3-5-7(6)8/h3-7,9H,2H2,1H3;2-5H,1H3. The van der Waals surface area contributed by atoms with E-state index >= 15 is 0 Å². The van der Waals surface area contributed by atoms with E-state index in [-0.39, 0.29) is 5.75 Å². The molecule has 0 aromatic heterocycles. The van der Waals surface area contributed by atoms with E-state index in [0.717, 1.165) is 12.1 Å². The van der Waals surface area contributed by atoms with E-state index in [0.29, 0.717) is 0 Å². The smallest absolute Gasteiger partial charge is 0.181 e. The maximum Gasteiger partial charge on any atom is 0.181 e. The van der Waals surface area contributed by atoms with Gasteiger partial charge in [-0.3, -0.25) is 5.11 Å². The van der Waals surface area contributed by atoms with Gasteiger partial charge in [0, 0.05) is 12.2 Å². The molecule has 0 bridgehead atoms. The molecule has 1 radical (unpaired) electrons. The van der Waals surface area contributed by atoms with Gasteiger partial charge in [-0.25, -0.2) is 0 Å². The van der Waals surface area contributed by atoms with Crippen molar-refractivity contribution >= 4 is 5.69 Å². The van der Waals surface area contributed by atoms with E-state index < -0.39 is 0 Å². The lowest BCUT2D eigenvalue weighted by molar-refractivity contribution is 0.352. The van der Waals surface area contributed by atoms with Crippen LogP contribution in [0.1, 0.15) is 12.5 Å². The Bertz CT molecular complexity index is 405. The van der Waals surface area contributed by atoms with Gasteiger partial charge in [-0.05, 0) is 37.6 Å². The number of aryl methyl sites for hydroxylation is 1. The third-order valence-electron chi connectivity index (χ3n) is 2.25. The van der Waals surface area contributed by atoms with Crippen LogP contribution in [0.3, 0.4) is 0 Å². The maximum atomic E-state index is 10.6. The first kappa shape index (κ1) is 13.1. The van der Waals surface area contributed by atoms with Crippen LogP contribution in [0.4, 0.5) is 5.69 Å². The molecule has 0 fully saturated rings. The molecule has 0 amide bonds. The van der Waals surface area contributed by atoms with Crippen molar-refractivity contribution in [2.24, 2.45) is 0 Å². The van der Waals surface area contributed by atoms with Gasteiger partial charge < -0.3 is 5.32 Å². The number of nitrogens with one attached hydrogen (secondary N) is 1. The van der Waals surface area contributed by atoms with Gasteiger partial charge in [0.2, 0.25) is 0 Å². The van der Waals surface area contributed by atoms with Crippen molar-refractivity contribution in [1.29, 1.82) is 0 Å². The van der Waals surface area contributed by atoms with Gasteiger partial charge in [-0.15, -0.1) is 0 Å². The molecule has 2 aromatic rings. The summed E-state index contributed by atoms with van der Waals surface area (Å²) in [6.07, 6.45) is 0. The minimum Gasteiger partial charge on any atom is -0.385 e. The third-order valence-corrected chi connectivity index (χ3v) is 2.25. The Labute approximate surface area is 103 Å². The van der Waals surface area contributed by atoms with E-state index in [2.05, 4.69) is 24.4 Å². The lowest BCUT2D eigenvalue weighted by atomic mass is 10.2. The molecule has 0 unspecified atom stereocenters. The minimum absolute atomic E-state index is 0.118. The predicted octanol–water partition coefficient (Wildman–Crippen LogP) is 4.26. The summed E-state index contributed by atoms with van der Waals surface area (Å²) < 4.78 is 0. The molecular formula is C15H18NO. The summed E-state index contributed by atoms with van der Waals surface area (Å²) in [4.78, 5) is 0. The van der Waals surface area contributed by atoms with Gasteiger partial charge in [0.15, 0.2) is 5.75 Å². The van der Waals surface area contributed by atoms with Crippen LogP contribution in [0.5, 0.6) is 5.75 Å². The van der Waals surface area contributed by atoms with Crippen LogP contribution >= 0.6 is 0 Å². The summed E-state index contributed by atoms with van der Waals surface area (Å²) in [6, 6.07) is 17.2. The summed E-state index contributed by atoms with van der Waals surface area (Å²) >= 11 is 0. The molecule has 0 spiro atoms. The van der Waals surface area contributed by atoms with Crippen LogP contribution < -0.4 is 5.32 Å². The Morgan fingerprint density at radius 2 is 1.53 bits per heavy atom. The number of benzene rings is 2. The largest absolute Gasteiger partial charge is 0.385 e. The number of para-hydroxylation sites is 2. The maximum absolute atomic E-state index is 10.6. The van der Waals surface area contributed by atoms with Gasteiger partial charge in [0.05, 0.1) is 0 Å². The van der Waals surface area contributed by atoms with Crippen LogP contribution in [0, 0.1) is 6.92 Å². The molecule has 0 heterocycles. The molecule has 0 aliphatic carbocycles. The molecule has 89 valence electrons. The molecule has 1 N–H and O–H groups in total. The second-order valence-corrected chi connectivity index (χ2v) is 3.66. The first-order valence-electron chi connectivity index (χ1n) is 5.75. The number of anilines is 1. The van der Waals surface area contributed by atoms with Gasteiger partial charge in [-0.2, -0.15) is 0 Å². The predicted molar refractivity (Wildman–Crippen MR) is 71.9 cm³/mol. The fourth-order valence-corrected chi connectivity index (χ4v) is 1.32. The van der Waals surface area contributed by atoms with Crippen molar-refractivity contribution in [2.75, 3.05) is 11.9 Å². The molecular weight excluding hydrogens is 210 g/mol. The summed E-state index contributed by atoms with van der Waals surface area (Å²) in [7, 11) is 0. The van der Waals surface area contributed by atoms with Gasteiger partial charge in [0.1, 0.15) is 0 Å². The second kappa shape index (κ2) is 7.34. The van der Waals surface area contributed by atoms with Crippen molar-refractivity contribution in [3.05, 3.63) is 60.2 Å². The second-order valence-electron chi connectivity index (χ2n) is 3.66. The molecule has 0 aliphatic rings. The SMILES string of the molecule is CCNc1ccccc1.Cc1ccccc1[O]. The summed E-state index contributed by atoms with van der Waals surface area (Å²) in [5.74, 6) is 0.118. The topological polar surface area (TPSA) is 31.9 Å². The Kier molecular flexibility index (Phi) is 5.66. The third kappa shape index (κ3) is 5.07. The van der Waals surface area contributed by atoms with Crippen molar-refractivity contribution < 1.29 is 5.11 Å². The molecule has 0 atom stereocenters. The Hall–Kier alpha value is -1.96. The molecule has 2 nitrogen and oxygen atoms in total. The van der Waals surface area contributed by atoms with Crippen LogP contribution in [-0.2, 0) is 5.11 Å². The first-order valence-corrected chi connectivity index (χ1v) is 5.75. The highest BCUT2D eigenvalue weighted by Crippen LogP contribution is 2.13.